The predicted octanol–water partition coefficient (Wildman–Crippen LogP) is 4.29. The van der Waals surface area contributed by atoms with Crippen LogP contribution in [0.1, 0.15) is 53.5 Å². The second-order valence-corrected chi connectivity index (χ2v) is 7.63. The second kappa shape index (κ2) is 5.47. The van der Waals surface area contributed by atoms with Gasteiger partial charge in [-0.3, -0.25) is 4.79 Å². The SMILES string of the molecule is CC(C)N(C(=O)[C@]1(C)C[C@@]1(C)Cc1ccccc1)C(C)C. The number of amides is 1. The van der Waals surface area contributed by atoms with Crippen molar-refractivity contribution in [3.05, 3.63) is 35.9 Å². The van der Waals surface area contributed by atoms with E-state index in [1.165, 1.54) is 5.56 Å². The molecule has 1 aliphatic carbocycles. The Morgan fingerprint density at radius 1 is 1.10 bits per heavy atom. The Morgan fingerprint density at radius 3 is 2.10 bits per heavy atom. The highest BCUT2D eigenvalue weighted by Gasteiger charge is 2.66. The van der Waals surface area contributed by atoms with Gasteiger partial charge in [0.25, 0.3) is 0 Å². The Morgan fingerprint density at radius 2 is 1.62 bits per heavy atom. The molecule has 2 rings (SSSR count). The number of nitrogens with zero attached hydrogens (tertiary/aromatic N) is 1. The molecule has 21 heavy (non-hydrogen) atoms. The molecule has 0 heterocycles. The number of carbonyl (C=O) groups excluding carboxylic acids is 1. The van der Waals surface area contributed by atoms with E-state index < -0.39 is 0 Å². The first-order valence-electron chi connectivity index (χ1n) is 8.08. The zero-order valence-corrected chi connectivity index (χ0v) is 14.3. The lowest BCUT2D eigenvalue weighted by atomic mass is 9.88. The molecule has 0 saturated heterocycles. The average Bonchev–Trinajstić information content (AvgIpc) is 2.92. The van der Waals surface area contributed by atoms with Gasteiger partial charge in [-0.2, -0.15) is 0 Å². The van der Waals surface area contributed by atoms with Gasteiger partial charge in [-0.1, -0.05) is 44.2 Å². The first kappa shape index (κ1) is 16.1. The summed E-state index contributed by atoms with van der Waals surface area (Å²) in [5.41, 5.74) is 1.21. The summed E-state index contributed by atoms with van der Waals surface area (Å²) >= 11 is 0. The Balaban J connectivity index is 2.16. The van der Waals surface area contributed by atoms with Crippen LogP contribution in [0.15, 0.2) is 30.3 Å². The predicted molar refractivity (Wildman–Crippen MR) is 88.1 cm³/mol. The second-order valence-electron chi connectivity index (χ2n) is 7.63. The smallest absolute Gasteiger partial charge is 0.229 e. The molecular formula is C19H29NO. The highest BCUT2D eigenvalue weighted by Crippen LogP contribution is 2.66. The van der Waals surface area contributed by atoms with Crippen molar-refractivity contribution in [2.45, 2.75) is 66.5 Å². The van der Waals surface area contributed by atoms with Gasteiger partial charge in [0.2, 0.25) is 5.91 Å². The minimum atomic E-state index is -0.211. The van der Waals surface area contributed by atoms with Gasteiger partial charge >= 0.3 is 0 Å². The highest BCUT2D eigenvalue weighted by molar-refractivity contribution is 5.87. The van der Waals surface area contributed by atoms with Crippen molar-refractivity contribution in [1.29, 1.82) is 0 Å². The zero-order valence-electron chi connectivity index (χ0n) is 14.3. The molecule has 0 aromatic heterocycles. The monoisotopic (exact) mass is 287 g/mol. The van der Waals surface area contributed by atoms with Crippen LogP contribution in [0.2, 0.25) is 0 Å². The minimum absolute atomic E-state index is 0.0907. The standard InChI is InChI=1S/C19H29NO/c1-14(2)20(15(3)4)17(21)19(6)13-18(19,5)12-16-10-8-7-9-11-16/h7-11,14-15H,12-13H2,1-6H3/t18-,19+/m1/s1. The van der Waals surface area contributed by atoms with E-state index in [1.54, 1.807) is 0 Å². The number of hydrogen-bond donors (Lipinski definition) is 0. The molecule has 1 fully saturated rings. The molecule has 1 aromatic carbocycles. The van der Waals surface area contributed by atoms with Crippen LogP contribution in [0, 0.1) is 10.8 Å². The van der Waals surface area contributed by atoms with E-state index in [-0.39, 0.29) is 22.9 Å². The van der Waals surface area contributed by atoms with E-state index in [9.17, 15) is 4.79 Å². The number of rotatable bonds is 5. The fourth-order valence-electron chi connectivity index (χ4n) is 3.72. The van der Waals surface area contributed by atoms with Crippen molar-refractivity contribution < 1.29 is 4.79 Å². The van der Waals surface area contributed by atoms with Gasteiger partial charge in [-0.25, -0.2) is 0 Å². The number of benzene rings is 1. The van der Waals surface area contributed by atoms with E-state index >= 15 is 0 Å². The molecule has 0 bridgehead atoms. The zero-order chi connectivity index (χ0) is 15.8. The van der Waals surface area contributed by atoms with Crippen molar-refractivity contribution in [2.75, 3.05) is 0 Å². The largest absolute Gasteiger partial charge is 0.337 e. The first-order valence-corrected chi connectivity index (χ1v) is 8.08. The molecule has 1 amide bonds. The lowest BCUT2D eigenvalue weighted by molar-refractivity contribution is -0.141. The van der Waals surface area contributed by atoms with Crippen molar-refractivity contribution in [1.82, 2.24) is 4.90 Å². The van der Waals surface area contributed by atoms with Gasteiger partial charge in [-0.15, -0.1) is 0 Å². The molecule has 1 aromatic rings. The molecule has 0 N–H and O–H groups in total. The minimum Gasteiger partial charge on any atom is -0.337 e. The molecule has 0 radical (unpaired) electrons. The maximum atomic E-state index is 13.0. The lowest BCUT2D eigenvalue weighted by Gasteiger charge is -2.34. The molecule has 1 aliphatic rings. The quantitative estimate of drug-likeness (QED) is 0.791. The van der Waals surface area contributed by atoms with Crippen LogP contribution < -0.4 is 0 Å². The summed E-state index contributed by atoms with van der Waals surface area (Å²) in [6.07, 6.45) is 1.98. The third-order valence-electron chi connectivity index (χ3n) is 5.21. The van der Waals surface area contributed by atoms with Gasteiger partial charge in [0.1, 0.15) is 0 Å². The van der Waals surface area contributed by atoms with E-state index in [1.807, 2.05) is 6.07 Å². The van der Waals surface area contributed by atoms with Crippen molar-refractivity contribution in [3.63, 3.8) is 0 Å². The highest BCUT2D eigenvalue weighted by atomic mass is 16.2. The van der Waals surface area contributed by atoms with E-state index in [0.717, 1.165) is 12.8 Å². The molecular weight excluding hydrogens is 258 g/mol. The van der Waals surface area contributed by atoms with Gasteiger partial charge in [0.05, 0.1) is 5.41 Å². The summed E-state index contributed by atoms with van der Waals surface area (Å²) in [5, 5.41) is 0. The number of carbonyl (C=O) groups is 1. The van der Waals surface area contributed by atoms with Crippen molar-refractivity contribution >= 4 is 5.91 Å². The van der Waals surface area contributed by atoms with Crippen molar-refractivity contribution in [2.24, 2.45) is 10.8 Å². The summed E-state index contributed by atoms with van der Waals surface area (Å²) in [6, 6.07) is 11.0. The summed E-state index contributed by atoms with van der Waals surface area (Å²) < 4.78 is 0. The van der Waals surface area contributed by atoms with Crippen LogP contribution in [0.4, 0.5) is 0 Å². The van der Waals surface area contributed by atoms with Gasteiger partial charge in [0.15, 0.2) is 0 Å². The molecule has 2 heteroatoms. The third kappa shape index (κ3) is 2.86. The molecule has 2 nitrogen and oxygen atoms in total. The summed E-state index contributed by atoms with van der Waals surface area (Å²) in [7, 11) is 0. The Labute approximate surface area is 129 Å². The van der Waals surface area contributed by atoms with Crippen LogP contribution in [-0.2, 0) is 11.2 Å². The van der Waals surface area contributed by atoms with Gasteiger partial charge in [0, 0.05) is 12.1 Å². The fourth-order valence-corrected chi connectivity index (χ4v) is 3.72. The fraction of sp³-hybridized carbons (Fsp3) is 0.632. The van der Waals surface area contributed by atoms with Crippen LogP contribution in [0.5, 0.6) is 0 Å². The van der Waals surface area contributed by atoms with E-state index in [0.29, 0.717) is 5.91 Å². The van der Waals surface area contributed by atoms with Crippen LogP contribution in [0.3, 0.4) is 0 Å². The first-order chi connectivity index (χ1) is 9.71. The molecule has 1 saturated carbocycles. The van der Waals surface area contributed by atoms with Crippen LogP contribution in [0.25, 0.3) is 0 Å². The number of hydrogen-bond acceptors (Lipinski definition) is 1. The molecule has 2 atom stereocenters. The summed E-state index contributed by atoms with van der Waals surface area (Å²) in [5.74, 6) is 0.325. The topological polar surface area (TPSA) is 20.3 Å². The van der Waals surface area contributed by atoms with E-state index in [2.05, 4.69) is 70.7 Å². The summed E-state index contributed by atoms with van der Waals surface area (Å²) in [6.45, 7) is 12.8. The molecule has 116 valence electrons. The molecule has 0 spiro atoms. The van der Waals surface area contributed by atoms with Crippen LogP contribution >= 0.6 is 0 Å². The van der Waals surface area contributed by atoms with Crippen molar-refractivity contribution in [3.8, 4) is 0 Å². The maximum Gasteiger partial charge on any atom is 0.229 e. The van der Waals surface area contributed by atoms with Gasteiger partial charge in [-0.05, 0) is 51.5 Å². The average molecular weight is 287 g/mol. The Bertz CT molecular complexity index is 500. The summed E-state index contributed by atoms with van der Waals surface area (Å²) in [4.78, 5) is 15.1. The maximum absolute atomic E-state index is 13.0. The lowest BCUT2D eigenvalue weighted by Crippen LogP contribution is -2.46. The molecule has 0 aliphatic heterocycles. The molecule has 0 unspecified atom stereocenters. The third-order valence-corrected chi connectivity index (χ3v) is 5.21. The normalized spacial score (nSPS) is 28.0. The van der Waals surface area contributed by atoms with E-state index in [4.69, 9.17) is 0 Å². The van der Waals surface area contributed by atoms with Crippen LogP contribution in [-0.4, -0.2) is 22.9 Å². The Kier molecular flexibility index (Phi) is 4.19. The Hall–Kier alpha value is -1.31. The van der Waals surface area contributed by atoms with Gasteiger partial charge < -0.3 is 4.90 Å².